The van der Waals surface area contributed by atoms with Gasteiger partial charge in [0.1, 0.15) is 17.7 Å². The van der Waals surface area contributed by atoms with Crippen molar-refractivity contribution in [1.82, 2.24) is 5.16 Å². The number of allylic oxidation sites excluding steroid dienone is 1. The van der Waals surface area contributed by atoms with E-state index in [1.807, 2.05) is 6.92 Å². The predicted octanol–water partition coefficient (Wildman–Crippen LogP) is 5.66. The maximum Gasteiger partial charge on any atom is 0.415 e. The molecule has 0 saturated carbocycles. The molecular weight excluding hydrogens is 668 g/mol. The van der Waals surface area contributed by atoms with Crippen LogP contribution >= 0.6 is 0 Å². The quantitative estimate of drug-likeness (QED) is 0.184. The first kappa shape index (κ1) is 36.6. The van der Waals surface area contributed by atoms with Gasteiger partial charge in [0.2, 0.25) is 6.10 Å². The Bertz CT molecular complexity index is 1900. The van der Waals surface area contributed by atoms with Gasteiger partial charge in [-0.2, -0.15) is 8.42 Å². The molecule has 0 spiro atoms. The van der Waals surface area contributed by atoms with Crippen LogP contribution in [-0.2, 0) is 34.1 Å². The van der Waals surface area contributed by atoms with Gasteiger partial charge in [0.15, 0.2) is 5.82 Å². The van der Waals surface area contributed by atoms with Crippen LogP contribution in [0.5, 0.6) is 0 Å². The molecule has 2 atom stereocenters. The van der Waals surface area contributed by atoms with E-state index in [1.54, 1.807) is 58.0 Å². The monoisotopic (exact) mass is 706 g/mol. The van der Waals surface area contributed by atoms with Gasteiger partial charge in [0.25, 0.3) is 10.1 Å². The molecule has 2 aliphatic rings. The highest BCUT2D eigenvalue weighted by molar-refractivity contribution is 7.92. The van der Waals surface area contributed by atoms with Crippen LogP contribution in [0.1, 0.15) is 48.9 Å². The third-order valence-corrected chi connectivity index (χ3v) is 10.4. The number of aromatic nitrogens is 1. The number of benzene rings is 2. The number of ether oxygens (including phenoxy) is 2. The second kappa shape index (κ2) is 14.5. The number of esters is 1. The lowest BCUT2D eigenvalue weighted by Gasteiger charge is -2.26. The van der Waals surface area contributed by atoms with Gasteiger partial charge in [-0.25, -0.2) is 18.2 Å². The fraction of sp³-hybridized carbons (Fsp3) is 0.406. The van der Waals surface area contributed by atoms with E-state index in [0.29, 0.717) is 47.5 Å². The van der Waals surface area contributed by atoms with Crippen LogP contribution in [0, 0.1) is 31.4 Å². The number of anilines is 2. The summed E-state index contributed by atoms with van der Waals surface area (Å²) in [5.41, 5.74) is 2.60. The first-order chi connectivity index (χ1) is 22.3. The lowest BCUT2D eigenvalue weighted by atomic mass is 10.0. The topological polar surface area (TPSA) is 189 Å². The summed E-state index contributed by atoms with van der Waals surface area (Å²) in [5, 5.41) is 6.79. The SMILES string of the molecule is CC(C)(CCNc1ccon1)OC(=O)[C@H]1CN(c2ccc(C3=CCS(=N)(=O)CC3)c(F)c2)C(=O)O1.Cc1cc(C)c(S(=O)(=O)O)c(C)c1. The van der Waals surface area contributed by atoms with E-state index in [-0.39, 0.29) is 28.6 Å². The highest BCUT2D eigenvalue weighted by atomic mass is 32.2. The summed E-state index contributed by atoms with van der Waals surface area (Å²) in [5.74, 6) is -0.378. The summed E-state index contributed by atoms with van der Waals surface area (Å²) in [6.45, 7) is 9.09. The number of amides is 1. The van der Waals surface area contributed by atoms with Crippen molar-refractivity contribution in [2.75, 3.05) is 34.8 Å². The van der Waals surface area contributed by atoms with Crippen LogP contribution in [-0.4, -0.2) is 70.7 Å². The molecule has 1 unspecified atom stereocenters. The largest absolute Gasteiger partial charge is 0.457 e. The molecule has 48 heavy (non-hydrogen) atoms. The summed E-state index contributed by atoms with van der Waals surface area (Å²) in [6, 6.07) is 9.45. The summed E-state index contributed by atoms with van der Waals surface area (Å²) >= 11 is 0. The zero-order valence-corrected chi connectivity index (χ0v) is 28.9. The molecule has 0 aliphatic carbocycles. The number of nitrogens with one attached hydrogen (secondary N) is 2. The van der Waals surface area contributed by atoms with Crippen molar-refractivity contribution in [3.8, 4) is 0 Å². The number of rotatable bonds is 9. The Morgan fingerprint density at radius 2 is 1.90 bits per heavy atom. The van der Waals surface area contributed by atoms with E-state index >= 15 is 0 Å². The Balaban J connectivity index is 0.000000336. The Morgan fingerprint density at radius 3 is 2.46 bits per heavy atom. The number of carbonyl (C=O) groups excluding carboxylic acids is 2. The minimum atomic E-state index is -4.08. The second-order valence-corrected chi connectivity index (χ2v) is 16.0. The molecule has 5 rings (SSSR count). The minimum Gasteiger partial charge on any atom is -0.457 e. The molecule has 3 N–H and O–H groups in total. The average molecular weight is 707 g/mol. The molecule has 1 fully saturated rings. The molecule has 0 bridgehead atoms. The lowest BCUT2D eigenvalue weighted by molar-refractivity contribution is -0.164. The number of cyclic esters (lactones) is 1. The zero-order chi connectivity index (χ0) is 35.4. The number of aryl methyl sites for hydroxylation is 3. The molecule has 13 nitrogen and oxygen atoms in total. The number of halogens is 1. The molecule has 0 radical (unpaired) electrons. The summed E-state index contributed by atoms with van der Waals surface area (Å²) in [7, 11) is -6.71. The zero-order valence-electron chi connectivity index (χ0n) is 27.2. The smallest absolute Gasteiger partial charge is 0.415 e. The highest BCUT2D eigenvalue weighted by Gasteiger charge is 2.40. The number of hydrogen-bond acceptors (Lipinski definition) is 11. The minimum absolute atomic E-state index is 0.0260. The molecule has 2 aliphatic heterocycles. The van der Waals surface area contributed by atoms with Crippen LogP contribution in [0.2, 0.25) is 0 Å². The van der Waals surface area contributed by atoms with Gasteiger partial charge < -0.3 is 19.3 Å². The van der Waals surface area contributed by atoms with Crippen molar-refractivity contribution in [3.63, 3.8) is 0 Å². The number of hydrogen-bond donors (Lipinski definition) is 3. The van der Waals surface area contributed by atoms with E-state index in [1.165, 1.54) is 23.3 Å². The fourth-order valence-corrected chi connectivity index (χ4v) is 7.55. The van der Waals surface area contributed by atoms with E-state index in [4.69, 9.17) is 23.3 Å². The van der Waals surface area contributed by atoms with Crippen molar-refractivity contribution < 1.29 is 45.2 Å². The number of nitrogens with zero attached hydrogens (tertiary/aromatic N) is 2. The summed E-state index contributed by atoms with van der Waals surface area (Å²) < 4.78 is 80.6. The number of carbonyl (C=O) groups is 2. The molecule has 16 heteroatoms. The predicted molar refractivity (Wildman–Crippen MR) is 177 cm³/mol. The molecule has 1 saturated heterocycles. The van der Waals surface area contributed by atoms with Crippen LogP contribution in [0.4, 0.5) is 20.7 Å². The second-order valence-electron chi connectivity index (χ2n) is 12.3. The Kier molecular flexibility index (Phi) is 11.0. The molecule has 1 aromatic heterocycles. The van der Waals surface area contributed by atoms with Gasteiger partial charge in [-0.05, 0) is 75.9 Å². The maximum absolute atomic E-state index is 14.9. The Labute approximate surface area is 279 Å². The van der Waals surface area contributed by atoms with E-state index in [9.17, 15) is 26.6 Å². The van der Waals surface area contributed by atoms with Crippen molar-refractivity contribution in [3.05, 3.63) is 76.8 Å². The van der Waals surface area contributed by atoms with E-state index < -0.39 is 49.4 Å². The molecule has 3 aromatic rings. The van der Waals surface area contributed by atoms with E-state index in [0.717, 1.165) is 5.56 Å². The van der Waals surface area contributed by atoms with Gasteiger partial charge in [0.05, 0.1) is 22.9 Å². The van der Waals surface area contributed by atoms with Gasteiger partial charge >= 0.3 is 12.1 Å². The summed E-state index contributed by atoms with van der Waals surface area (Å²) in [6.07, 6.45) is 1.98. The van der Waals surface area contributed by atoms with Crippen LogP contribution < -0.4 is 10.2 Å². The molecule has 1 amide bonds. The Hall–Kier alpha value is -4.28. The summed E-state index contributed by atoms with van der Waals surface area (Å²) in [4.78, 5) is 26.3. The molecule has 260 valence electrons. The molecule has 2 aromatic carbocycles. The van der Waals surface area contributed by atoms with Gasteiger partial charge in [0, 0.05) is 40.1 Å². The van der Waals surface area contributed by atoms with Crippen LogP contribution in [0.15, 0.2) is 58.2 Å². The molecular formula is C32H39FN4O9S2. The van der Waals surface area contributed by atoms with Crippen molar-refractivity contribution >= 4 is 49.0 Å². The normalized spacial score (nSPS) is 19.6. The maximum atomic E-state index is 14.9. The average Bonchev–Trinajstić information content (AvgIpc) is 3.62. The van der Waals surface area contributed by atoms with Crippen LogP contribution in [0.3, 0.4) is 0 Å². The third kappa shape index (κ3) is 9.41. The Morgan fingerprint density at radius 1 is 1.21 bits per heavy atom. The first-order valence-corrected chi connectivity index (χ1v) is 18.3. The third-order valence-electron chi connectivity index (χ3n) is 7.70. The van der Waals surface area contributed by atoms with Gasteiger partial charge in [-0.15, -0.1) is 0 Å². The fourth-order valence-electron chi connectivity index (χ4n) is 5.43. The lowest BCUT2D eigenvalue weighted by Crippen LogP contribution is -2.37. The highest BCUT2D eigenvalue weighted by Crippen LogP contribution is 2.31. The molecule has 3 heterocycles. The van der Waals surface area contributed by atoms with E-state index in [2.05, 4.69) is 10.5 Å². The first-order valence-electron chi connectivity index (χ1n) is 15.0. The van der Waals surface area contributed by atoms with Crippen molar-refractivity contribution in [2.45, 2.75) is 64.1 Å². The van der Waals surface area contributed by atoms with Gasteiger partial charge in [-0.3, -0.25) is 14.2 Å². The standard InChI is InChI=1S/C23H27FN4O6S.C9H12O3S/c1-23(2,8-9-26-20-5-10-32-27-20)34-21(29)19-14-28(22(30)33-19)16-3-4-17(18(24)13-16)15-6-11-35(25,31)12-7-15;1-6-4-7(2)9(8(3)5-6)13(10,11)12/h3-6,10,13,19,25H,7-9,11-12,14H2,1-2H3,(H,26,27);4-5H,1-3H3,(H,10,11,12)/t19-,35?;/m1./s1. The van der Waals surface area contributed by atoms with Gasteiger partial charge in [-0.1, -0.05) is 28.9 Å². The van der Waals surface area contributed by atoms with Crippen LogP contribution in [0.25, 0.3) is 5.57 Å². The van der Waals surface area contributed by atoms with Crippen molar-refractivity contribution in [2.24, 2.45) is 0 Å². The van der Waals surface area contributed by atoms with Crippen molar-refractivity contribution in [1.29, 1.82) is 4.78 Å².